The largest absolute Gasteiger partial charge is 0.346 e. The van der Waals surface area contributed by atoms with Gasteiger partial charge in [-0.05, 0) is 12.3 Å². The molecule has 2 aromatic heterocycles. The van der Waals surface area contributed by atoms with Gasteiger partial charge in [-0.3, -0.25) is 14.6 Å². The third-order valence-corrected chi connectivity index (χ3v) is 2.79. The van der Waals surface area contributed by atoms with Crippen molar-refractivity contribution in [3.05, 3.63) is 50.7 Å². The number of rotatable bonds is 4. The number of carbonyl (C=O) groups excluding carboxylic acids is 1. The van der Waals surface area contributed by atoms with Gasteiger partial charge in [-0.2, -0.15) is 11.8 Å². The maximum absolute atomic E-state index is 12.0. The fourth-order valence-corrected chi connectivity index (χ4v) is 1.87. The Morgan fingerprint density at radius 1 is 1.40 bits per heavy atom. The van der Waals surface area contributed by atoms with Crippen LogP contribution >= 0.6 is 11.8 Å². The van der Waals surface area contributed by atoms with Crippen LogP contribution < -0.4 is 16.6 Å². The Labute approximate surface area is 117 Å². The van der Waals surface area contributed by atoms with E-state index in [0.29, 0.717) is 11.6 Å². The first kappa shape index (κ1) is 14.0. The van der Waals surface area contributed by atoms with Gasteiger partial charge in [-0.25, -0.2) is 14.8 Å². The fourth-order valence-electron chi connectivity index (χ4n) is 1.46. The lowest BCUT2D eigenvalue weighted by Crippen LogP contribution is -2.22. The van der Waals surface area contributed by atoms with E-state index in [9.17, 15) is 14.4 Å². The van der Waals surface area contributed by atoms with Crippen LogP contribution in [0, 0.1) is 0 Å². The van der Waals surface area contributed by atoms with E-state index in [-0.39, 0.29) is 11.5 Å². The number of amides is 1. The number of hydrogen-bond donors (Lipinski definition) is 3. The number of aromatic amines is 2. The highest BCUT2D eigenvalue weighted by atomic mass is 32.2. The van der Waals surface area contributed by atoms with Gasteiger partial charge < -0.3 is 10.3 Å². The second kappa shape index (κ2) is 6.15. The first-order chi connectivity index (χ1) is 9.58. The summed E-state index contributed by atoms with van der Waals surface area (Å²) in [6.45, 7) is 0. The van der Waals surface area contributed by atoms with Crippen molar-refractivity contribution in [2.45, 2.75) is 5.75 Å². The third kappa shape index (κ3) is 3.54. The average Bonchev–Trinajstić information content (AvgIpc) is 2.38. The first-order valence-corrected chi connectivity index (χ1v) is 6.94. The molecule has 104 valence electrons. The number of aromatic nitrogens is 4. The molecule has 0 saturated carbocycles. The van der Waals surface area contributed by atoms with Crippen LogP contribution in [0.1, 0.15) is 16.3 Å². The molecule has 0 radical (unpaired) electrons. The van der Waals surface area contributed by atoms with Crippen LogP contribution in [-0.2, 0) is 5.75 Å². The SMILES string of the molecule is CSCc1nc(C(=O)Nc2ccnc(=O)[nH]2)cc(=O)[nH]1. The predicted molar refractivity (Wildman–Crippen MR) is 74.9 cm³/mol. The molecule has 0 fully saturated rings. The van der Waals surface area contributed by atoms with Gasteiger partial charge in [-0.15, -0.1) is 0 Å². The molecule has 2 heterocycles. The summed E-state index contributed by atoms with van der Waals surface area (Å²) >= 11 is 1.47. The number of anilines is 1. The van der Waals surface area contributed by atoms with E-state index in [0.717, 1.165) is 6.07 Å². The molecule has 8 nitrogen and oxygen atoms in total. The van der Waals surface area contributed by atoms with E-state index in [1.807, 2.05) is 6.26 Å². The van der Waals surface area contributed by atoms with Crippen molar-refractivity contribution in [2.75, 3.05) is 11.6 Å². The molecule has 0 aliphatic carbocycles. The topological polar surface area (TPSA) is 121 Å². The van der Waals surface area contributed by atoms with Crippen molar-refractivity contribution in [2.24, 2.45) is 0 Å². The molecule has 0 atom stereocenters. The molecule has 2 rings (SSSR count). The number of hydrogen-bond acceptors (Lipinski definition) is 6. The number of thioether (sulfide) groups is 1. The van der Waals surface area contributed by atoms with Crippen LogP contribution in [0.3, 0.4) is 0 Å². The zero-order valence-corrected chi connectivity index (χ0v) is 11.3. The molecule has 9 heteroatoms. The molecule has 0 spiro atoms. The highest BCUT2D eigenvalue weighted by molar-refractivity contribution is 7.97. The Balaban J connectivity index is 2.25. The van der Waals surface area contributed by atoms with Crippen molar-refractivity contribution < 1.29 is 4.79 Å². The molecule has 1 amide bonds. The Morgan fingerprint density at radius 2 is 2.20 bits per heavy atom. The van der Waals surface area contributed by atoms with Crippen molar-refractivity contribution in [1.29, 1.82) is 0 Å². The van der Waals surface area contributed by atoms with Crippen LogP contribution in [0.4, 0.5) is 5.82 Å². The molecule has 3 N–H and O–H groups in total. The van der Waals surface area contributed by atoms with E-state index < -0.39 is 17.2 Å². The first-order valence-electron chi connectivity index (χ1n) is 5.54. The minimum Gasteiger partial charge on any atom is -0.310 e. The molecule has 0 saturated heterocycles. The predicted octanol–water partition coefficient (Wildman–Crippen LogP) is -0.0315. The normalized spacial score (nSPS) is 10.2. The molecule has 0 aromatic carbocycles. The molecular weight excluding hydrogens is 282 g/mol. The van der Waals surface area contributed by atoms with Crippen molar-refractivity contribution in [1.82, 2.24) is 19.9 Å². The summed E-state index contributed by atoms with van der Waals surface area (Å²) in [6, 6.07) is 2.52. The van der Waals surface area contributed by atoms with Gasteiger partial charge in [0, 0.05) is 12.3 Å². The standard InChI is InChI=1S/C11H11N5O3S/c1-20-5-8-13-6(4-9(17)14-8)10(18)15-7-2-3-12-11(19)16-7/h2-4H,5H2,1H3,(H,13,14,17)(H2,12,15,16,18,19). The highest BCUT2D eigenvalue weighted by Gasteiger charge is 2.11. The summed E-state index contributed by atoms with van der Waals surface area (Å²) in [6.07, 6.45) is 3.12. The molecular formula is C11H11N5O3S. The second-order valence-corrected chi connectivity index (χ2v) is 4.62. The Hall–Kier alpha value is -2.42. The second-order valence-electron chi connectivity index (χ2n) is 3.75. The number of nitrogens with zero attached hydrogens (tertiary/aromatic N) is 2. The highest BCUT2D eigenvalue weighted by Crippen LogP contribution is 2.04. The maximum Gasteiger partial charge on any atom is 0.346 e. The van der Waals surface area contributed by atoms with Crippen LogP contribution in [0.5, 0.6) is 0 Å². The minimum atomic E-state index is -0.583. The zero-order valence-electron chi connectivity index (χ0n) is 10.5. The quantitative estimate of drug-likeness (QED) is 0.728. The van der Waals surface area contributed by atoms with Crippen molar-refractivity contribution >= 4 is 23.5 Å². The van der Waals surface area contributed by atoms with E-state index in [4.69, 9.17) is 0 Å². The third-order valence-electron chi connectivity index (χ3n) is 2.23. The van der Waals surface area contributed by atoms with Crippen LogP contribution in [-0.4, -0.2) is 32.1 Å². The lowest BCUT2D eigenvalue weighted by atomic mass is 10.3. The Morgan fingerprint density at radius 3 is 2.90 bits per heavy atom. The minimum absolute atomic E-state index is 0.0181. The molecule has 0 bridgehead atoms. The Kier molecular flexibility index (Phi) is 4.31. The van der Waals surface area contributed by atoms with E-state index in [2.05, 4.69) is 25.3 Å². The van der Waals surface area contributed by atoms with Crippen molar-refractivity contribution in [3.8, 4) is 0 Å². The van der Waals surface area contributed by atoms with Gasteiger partial charge in [0.2, 0.25) is 0 Å². The fraction of sp³-hybridized carbons (Fsp3) is 0.182. The van der Waals surface area contributed by atoms with Crippen molar-refractivity contribution in [3.63, 3.8) is 0 Å². The van der Waals surface area contributed by atoms with Gasteiger partial charge in [0.05, 0.1) is 5.75 Å². The van der Waals surface area contributed by atoms with Gasteiger partial charge in [0.25, 0.3) is 11.5 Å². The average molecular weight is 293 g/mol. The summed E-state index contributed by atoms with van der Waals surface area (Å²) in [5.74, 6) is 0.504. The number of carbonyl (C=O) groups is 1. The summed E-state index contributed by atoms with van der Waals surface area (Å²) in [5.41, 5.74) is -1.00. The van der Waals surface area contributed by atoms with Gasteiger partial charge in [0.1, 0.15) is 17.3 Å². The van der Waals surface area contributed by atoms with E-state index in [1.54, 1.807) is 0 Å². The van der Waals surface area contributed by atoms with Gasteiger partial charge >= 0.3 is 5.69 Å². The number of H-pyrrole nitrogens is 2. The van der Waals surface area contributed by atoms with Gasteiger partial charge in [0.15, 0.2) is 0 Å². The maximum atomic E-state index is 12.0. The molecule has 2 aromatic rings. The lowest BCUT2D eigenvalue weighted by Gasteiger charge is -2.05. The summed E-state index contributed by atoms with van der Waals surface area (Å²) < 4.78 is 0. The molecule has 0 aliphatic rings. The lowest BCUT2D eigenvalue weighted by molar-refractivity contribution is 0.102. The molecule has 20 heavy (non-hydrogen) atoms. The van der Waals surface area contributed by atoms with Crippen LogP contribution in [0.15, 0.2) is 27.9 Å². The van der Waals surface area contributed by atoms with Gasteiger partial charge in [-0.1, -0.05) is 0 Å². The Bertz CT molecular complexity index is 739. The van der Waals surface area contributed by atoms with Crippen LogP contribution in [0.25, 0.3) is 0 Å². The zero-order chi connectivity index (χ0) is 14.5. The monoisotopic (exact) mass is 293 g/mol. The smallest absolute Gasteiger partial charge is 0.310 e. The summed E-state index contributed by atoms with van der Waals surface area (Å²) in [7, 11) is 0. The van der Waals surface area contributed by atoms with Crippen LogP contribution in [0.2, 0.25) is 0 Å². The van der Waals surface area contributed by atoms with E-state index >= 15 is 0 Å². The van der Waals surface area contributed by atoms with E-state index in [1.165, 1.54) is 24.0 Å². The number of nitrogens with one attached hydrogen (secondary N) is 3. The molecule has 0 aliphatic heterocycles. The summed E-state index contributed by atoms with van der Waals surface area (Å²) in [5, 5.41) is 2.44. The molecule has 0 unspecified atom stereocenters. The summed E-state index contributed by atoms with van der Waals surface area (Å²) in [4.78, 5) is 46.8.